The van der Waals surface area contributed by atoms with E-state index in [0.29, 0.717) is 12.2 Å². The monoisotopic (exact) mass is 307 g/mol. The molecule has 0 saturated carbocycles. The number of oxime groups is 1. The molecule has 2 aliphatic rings. The van der Waals surface area contributed by atoms with Crippen molar-refractivity contribution >= 4 is 23.3 Å². The van der Waals surface area contributed by atoms with E-state index in [-0.39, 0.29) is 5.84 Å². The van der Waals surface area contributed by atoms with Crippen molar-refractivity contribution in [2.75, 3.05) is 23.7 Å². The molecule has 2 bridgehead atoms. The van der Waals surface area contributed by atoms with Crippen molar-refractivity contribution in [3.63, 3.8) is 0 Å². The number of morpholine rings is 1. The second kappa shape index (κ2) is 6.15. The predicted octanol–water partition coefficient (Wildman–Crippen LogP) is 2.26. The molecule has 2 fully saturated rings. The first kappa shape index (κ1) is 14.5. The van der Waals surface area contributed by atoms with Gasteiger partial charge in [-0.25, -0.2) is 0 Å². The van der Waals surface area contributed by atoms with Crippen molar-refractivity contribution in [3.8, 4) is 0 Å². The van der Waals surface area contributed by atoms with Gasteiger partial charge in [-0.15, -0.1) is 11.8 Å². The maximum atomic E-state index is 9.13. The topological polar surface area (TPSA) is 71.1 Å². The Labute approximate surface area is 129 Å². The summed E-state index contributed by atoms with van der Waals surface area (Å²) >= 11 is 1.71. The minimum atomic E-state index is 0.181. The third-order valence-electron chi connectivity index (χ3n) is 4.05. The van der Waals surface area contributed by atoms with Gasteiger partial charge in [-0.3, -0.25) is 0 Å². The number of nitrogens with two attached hydrogens (primary N) is 1. The SMILES string of the molecule is CCSc1cccc(N2CC3CCC(C2)O3)c1/C(N)=N/O. The van der Waals surface area contributed by atoms with Crippen LogP contribution in [-0.4, -0.2) is 42.1 Å². The predicted molar refractivity (Wildman–Crippen MR) is 85.5 cm³/mol. The Morgan fingerprint density at radius 1 is 1.43 bits per heavy atom. The molecular formula is C15H21N3O2S. The molecule has 3 rings (SSSR count). The number of amidine groups is 1. The van der Waals surface area contributed by atoms with Gasteiger partial charge < -0.3 is 20.6 Å². The van der Waals surface area contributed by atoms with E-state index in [1.54, 1.807) is 11.8 Å². The summed E-state index contributed by atoms with van der Waals surface area (Å²) in [5.74, 6) is 1.13. The second-order valence-corrected chi connectivity index (χ2v) is 6.74. The number of thioether (sulfide) groups is 1. The third kappa shape index (κ3) is 2.82. The van der Waals surface area contributed by atoms with Crippen molar-refractivity contribution in [1.82, 2.24) is 0 Å². The first-order valence-electron chi connectivity index (χ1n) is 7.37. The molecule has 3 N–H and O–H groups in total. The van der Waals surface area contributed by atoms with Gasteiger partial charge in [-0.2, -0.15) is 0 Å². The summed E-state index contributed by atoms with van der Waals surface area (Å²) < 4.78 is 5.90. The fourth-order valence-corrected chi connectivity index (χ4v) is 4.02. The Morgan fingerprint density at radius 3 is 2.76 bits per heavy atom. The van der Waals surface area contributed by atoms with Crippen LogP contribution in [0.3, 0.4) is 0 Å². The first-order valence-corrected chi connectivity index (χ1v) is 8.35. The number of ether oxygens (including phenoxy) is 1. The van der Waals surface area contributed by atoms with Gasteiger partial charge >= 0.3 is 0 Å². The summed E-state index contributed by atoms with van der Waals surface area (Å²) in [5.41, 5.74) is 7.83. The first-order chi connectivity index (χ1) is 10.2. The van der Waals surface area contributed by atoms with Crippen LogP contribution in [0.2, 0.25) is 0 Å². The quantitative estimate of drug-likeness (QED) is 0.293. The normalized spacial score (nSPS) is 25.4. The fraction of sp³-hybridized carbons (Fsp3) is 0.533. The molecule has 2 atom stereocenters. The highest BCUT2D eigenvalue weighted by Gasteiger charge is 2.35. The summed E-state index contributed by atoms with van der Waals surface area (Å²) in [5, 5.41) is 12.4. The minimum absolute atomic E-state index is 0.181. The van der Waals surface area contributed by atoms with Crippen molar-refractivity contribution in [3.05, 3.63) is 23.8 Å². The maximum Gasteiger partial charge on any atom is 0.173 e. The molecule has 0 aliphatic carbocycles. The fourth-order valence-electron chi connectivity index (χ4n) is 3.18. The van der Waals surface area contributed by atoms with Gasteiger partial charge in [-0.05, 0) is 30.7 Å². The van der Waals surface area contributed by atoms with E-state index in [4.69, 9.17) is 15.7 Å². The number of nitrogens with zero attached hydrogens (tertiary/aromatic N) is 2. The average molecular weight is 307 g/mol. The van der Waals surface area contributed by atoms with Gasteiger partial charge in [0.1, 0.15) is 0 Å². The lowest BCUT2D eigenvalue weighted by Crippen LogP contribution is -2.43. The molecule has 2 heterocycles. The van der Waals surface area contributed by atoms with E-state index in [1.165, 1.54) is 0 Å². The van der Waals surface area contributed by atoms with Crippen LogP contribution in [0.25, 0.3) is 0 Å². The van der Waals surface area contributed by atoms with Crippen molar-refractivity contribution < 1.29 is 9.94 Å². The summed E-state index contributed by atoms with van der Waals surface area (Å²) in [7, 11) is 0. The highest BCUT2D eigenvalue weighted by atomic mass is 32.2. The minimum Gasteiger partial charge on any atom is -0.409 e. The summed E-state index contributed by atoms with van der Waals surface area (Å²) in [4.78, 5) is 3.38. The Morgan fingerprint density at radius 2 is 2.14 bits per heavy atom. The molecule has 0 radical (unpaired) electrons. The van der Waals surface area contributed by atoms with Crippen LogP contribution in [0.4, 0.5) is 5.69 Å². The lowest BCUT2D eigenvalue weighted by atomic mass is 10.1. The Bertz CT molecular complexity index is 538. The molecule has 114 valence electrons. The second-order valence-electron chi connectivity index (χ2n) is 5.43. The van der Waals surface area contributed by atoms with Gasteiger partial charge in [0.25, 0.3) is 0 Å². The highest BCUT2D eigenvalue weighted by molar-refractivity contribution is 7.99. The smallest absolute Gasteiger partial charge is 0.173 e. The lowest BCUT2D eigenvalue weighted by molar-refractivity contribution is 0.0305. The Hall–Kier alpha value is -1.40. The van der Waals surface area contributed by atoms with E-state index >= 15 is 0 Å². The largest absolute Gasteiger partial charge is 0.409 e. The van der Waals surface area contributed by atoms with Gasteiger partial charge in [-0.1, -0.05) is 18.1 Å². The molecule has 0 amide bonds. The highest BCUT2D eigenvalue weighted by Crippen LogP contribution is 2.35. The zero-order valence-corrected chi connectivity index (χ0v) is 13.0. The molecule has 0 spiro atoms. The van der Waals surface area contributed by atoms with Crippen LogP contribution < -0.4 is 10.6 Å². The average Bonchev–Trinajstić information content (AvgIpc) is 2.85. The Kier molecular flexibility index (Phi) is 4.26. The van der Waals surface area contributed by atoms with Crippen LogP contribution >= 0.6 is 11.8 Å². The van der Waals surface area contributed by atoms with Crippen LogP contribution in [0.15, 0.2) is 28.3 Å². The van der Waals surface area contributed by atoms with E-state index in [9.17, 15) is 0 Å². The molecule has 1 aromatic rings. The molecule has 2 saturated heterocycles. The van der Waals surface area contributed by atoms with E-state index < -0.39 is 0 Å². The molecule has 6 heteroatoms. The van der Waals surface area contributed by atoms with E-state index in [2.05, 4.69) is 23.0 Å². The van der Waals surface area contributed by atoms with Crippen molar-refractivity contribution in [1.29, 1.82) is 0 Å². The Balaban J connectivity index is 1.99. The number of rotatable bonds is 4. The molecule has 21 heavy (non-hydrogen) atoms. The number of hydrogen-bond acceptors (Lipinski definition) is 5. The van der Waals surface area contributed by atoms with Crippen LogP contribution in [0.1, 0.15) is 25.3 Å². The van der Waals surface area contributed by atoms with Gasteiger partial charge in [0.05, 0.1) is 17.8 Å². The number of hydrogen-bond donors (Lipinski definition) is 2. The number of fused-ring (bicyclic) bond motifs is 2. The number of anilines is 1. The molecule has 0 aromatic heterocycles. The molecular weight excluding hydrogens is 286 g/mol. The third-order valence-corrected chi connectivity index (χ3v) is 4.99. The maximum absolute atomic E-state index is 9.13. The van der Waals surface area contributed by atoms with Crippen molar-refractivity contribution in [2.45, 2.75) is 36.9 Å². The van der Waals surface area contributed by atoms with Gasteiger partial charge in [0.15, 0.2) is 5.84 Å². The molecule has 5 nitrogen and oxygen atoms in total. The van der Waals surface area contributed by atoms with Crippen LogP contribution in [0.5, 0.6) is 0 Å². The summed E-state index contributed by atoms with van der Waals surface area (Å²) in [6.45, 7) is 3.85. The van der Waals surface area contributed by atoms with Crippen molar-refractivity contribution in [2.24, 2.45) is 10.9 Å². The zero-order valence-electron chi connectivity index (χ0n) is 12.2. The lowest BCUT2D eigenvalue weighted by Gasteiger charge is -2.35. The molecule has 2 aliphatic heterocycles. The van der Waals surface area contributed by atoms with Crippen LogP contribution in [0, 0.1) is 0 Å². The molecule has 2 unspecified atom stereocenters. The zero-order chi connectivity index (χ0) is 14.8. The van der Waals surface area contributed by atoms with E-state index in [1.807, 2.05) is 12.1 Å². The summed E-state index contributed by atoms with van der Waals surface area (Å²) in [6, 6.07) is 6.12. The van der Waals surface area contributed by atoms with Gasteiger partial charge in [0.2, 0.25) is 0 Å². The molecule has 1 aromatic carbocycles. The van der Waals surface area contributed by atoms with E-state index in [0.717, 1.165) is 47.8 Å². The number of benzene rings is 1. The van der Waals surface area contributed by atoms with Gasteiger partial charge in [0, 0.05) is 23.7 Å². The summed E-state index contributed by atoms with van der Waals surface area (Å²) in [6.07, 6.45) is 2.88. The standard InChI is InChI=1S/C15H21N3O2S/c1-2-21-13-5-3-4-12(14(13)15(16)17-19)18-8-10-6-7-11(9-18)20-10/h3-5,10-11,19H,2,6-9H2,1H3,(H2,16,17). The van der Waals surface area contributed by atoms with Crippen LogP contribution in [-0.2, 0) is 4.74 Å².